The van der Waals surface area contributed by atoms with Crippen molar-refractivity contribution in [2.75, 3.05) is 32.7 Å². The molecule has 1 N–H and O–H groups in total. The highest BCUT2D eigenvalue weighted by Gasteiger charge is 2.23. The third-order valence-electron chi connectivity index (χ3n) is 5.87. The van der Waals surface area contributed by atoms with Gasteiger partial charge >= 0.3 is 0 Å². The van der Waals surface area contributed by atoms with Gasteiger partial charge in [-0.05, 0) is 37.2 Å². The molecule has 0 atom stereocenters. The maximum absolute atomic E-state index is 12.3. The Morgan fingerprint density at radius 1 is 1.00 bits per heavy atom. The van der Waals surface area contributed by atoms with Crippen LogP contribution in [0.1, 0.15) is 44.6 Å². The maximum atomic E-state index is 12.3. The summed E-state index contributed by atoms with van der Waals surface area (Å²) in [5.74, 6) is 1.10. The first-order valence-corrected chi connectivity index (χ1v) is 10.0. The zero-order valence-electron chi connectivity index (χ0n) is 15.6. The second-order valence-corrected chi connectivity index (χ2v) is 7.73. The third-order valence-corrected chi connectivity index (χ3v) is 5.87. The van der Waals surface area contributed by atoms with Crippen LogP contribution in [0.15, 0.2) is 30.3 Å². The van der Waals surface area contributed by atoms with Gasteiger partial charge in [-0.25, -0.2) is 0 Å². The number of carbonyl (C=O) groups is 1. The lowest BCUT2D eigenvalue weighted by Gasteiger charge is -2.35. The molecular formula is C21H33N3O. The van der Waals surface area contributed by atoms with Gasteiger partial charge in [-0.1, -0.05) is 43.7 Å². The molecule has 0 aromatic heterocycles. The van der Waals surface area contributed by atoms with E-state index in [1.807, 2.05) is 0 Å². The summed E-state index contributed by atoms with van der Waals surface area (Å²) in [6.45, 7) is 7.93. The van der Waals surface area contributed by atoms with Gasteiger partial charge in [-0.2, -0.15) is 0 Å². The first-order valence-electron chi connectivity index (χ1n) is 10.0. The maximum Gasteiger partial charge on any atom is 0.234 e. The fourth-order valence-electron chi connectivity index (χ4n) is 4.14. The molecular weight excluding hydrogens is 310 g/mol. The van der Waals surface area contributed by atoms with Crippen LogP contribution in [-0.2, 0) is 11.3 Å². The van der Waals surface area contributed by atoms with Crippen LogP contribution in [0.2, 0.25) is 0 Å². The Balaban J connectivity index is 1.34. The summed E-state index contributed by atoms with van der Waals surface area (Å²) >= 11 is 0. The molecule has 0 spiro atoms. The minimum absolute atomic E-state index is 0.219. The molecule has 2 fully saturated rings. The summed E-state index contributed by atoms with van der Waals surface area (Å²) in [4.78, 5) is 17.1. The minimum Gasteiger partial charge on any atom is -0.352 e. The van der Waals surface area contributed by atoms with E-state index in [0.29, 0.717) is 12.6 Å². The number of piperazine rings is 1. The summed E-state index contributed by atoms with van der Waals surface area (Å²) in [7, 11) is 0. The van der Waals surface area contributed by atoms with Gasteiger partial charge in [0.2, 0.25) is 5.91 Å². The smallest absolute Gasteiger partial charge is 0.234 e. The molecule has 1 aromatic rings. The first-order chi connectivity index (χ1) is 12.2. The molecule has 4 heteroatoms. The summed E-state index contributed by atoms with van der Waals surface area (Å²) in [5, 5.41) is 3.27. The van der Waals surface area contributed by atoms with Gasteiger partial charge in [-0.3, -0.25) is 14.6 Å². The van der Waals surface area contributed by atoms with E-state index >= 15 is 0 Å². The monoisotopic (exact) mass is 343 g/mol. The van der Waals surface area contributed by atoms with Crippen LogP contribution < -0.4 is 5.32 Å². The van der Waals surface area contributed by atoms with Gasteiger partial charge in [0.15, 0.2) is 0 Å². The van der Waals surface area contributed by atoms with Crippen LogP contribution in [0, 0.1) is 5.92 Å². The standard InChI is InChI=1S/C21H33N3O/c1-2-18-8-10-20(11-9-18)22-21(25)17-24-14-12-23(13-15-24)16-19-6-4-3-5-7-19/h3-7,18,20H,2,8-17H2,1H3,(H,22,25). The highest BCUT2D eigenvalue weighted by Crippen LogP contribution is 2.26. The number of hydrogen-bond acceptors (Lipinski definition) is 3. The van der Waals surface area contributed by atoms with Crippen LogP contribution in [0.4, 0.5) is 0 Å². The van der Waals surface area contributed by atoms with Crippen molar-refractivity contribution in [3.63, 3.8) is 0 Å². The lowest BCUT2D eigenvalue weighted by Crippen LogP contribution is -2.50. The molecule has 1 aliphatic carbocycles. The quantitative estimate of drug-likeness (QED) is 0.863. The Bertz CT molecular complexity index is 517. The number of nitrogens with zero attached hydrogens (tertiary/aromatic N) is 2. The summed E-state index contributed by atoms with van der Waals surface area (Å²) in [6, 6.07) is 11.1. The Hall–Kier alpha value is -1.39. The van der Waals surface area contributed by atoms with E-state index in [9.17, 15) is 4.79 Å². The molecule has 1 amide bonds. The van der Waals surface area contributed by atoms with Crippen LogP contribution in [-0.4, -0.2) is 54.5 Å². The fourth-order valence-corrected chi connectivity index (χ4v) is 4.14. The highest BCUT2D eigenvalue weighted by atomic mass is 16.2. The summed E-state index contributed by atoms with van der Waals surface area (Å²) in [5.41, 5.74) is 1.37. The molecule has 1 aromatic carbocycles. The van der Waals surface area contributed by atoms with E-state index in [-0.39, 0.29) is 5.91 Å². The molecule has 1 saturated carbocycles. The van der Waals surface area contributed by atoms with E-state index in [4.69, 9.17) is 0 Å². The average molecular weight is 344 g/mol. The van der Waals surface area contributed by atoms with Gasteiger partial charge in [0, 0.05) is 38.8 Å². The molecule has 1 heterocycles. The van der Waals surface area contributed by atoms with Crippen molar-refractivity contribution >= 4 is 5.91 Å². The largest absolute Gasteiger partial charge is 0.352 e. The number of hydrogen-bond donors (Lipinski definition) is 1. The van der Waals surface area contributed by atoms with Crippen molar-refractivity contribution in [1.29, 1.82) is 0 Å². The van der Waals surface area contributed by atoms with Gasteiger partial charge in [0.05, 0.1) is 6.54 Å². The number of rotatable bonds is 6. The van der Waals surface area contributed by atoms with Crippen molar-refractivity contribution in [1.82, 2.24) is 15.1 Å². The van der Waals surface area contributed by atoms with Crippen LogP contribution in [0.3, 0.4) is 0 Å². The van der Waals surface area contributed by atoms with Crippen molar-refractivity contribution in [2.24, 2.45) is 5.92 Å². The second-order valence-electron chi connectivity index (χ2n) is 7.73. The fraction of sp³-hybridized carbons (Fsp3) is 0.667. The Morgan fingerprint density at radius 2 is 1.64 bits per heavy atom. The van der Waals surface area contributed by atoms with Crippen molar-refractivity contribution in [3.05, 3.63) is 35.9 Å². The first kappa shape index (κ1) is 18.4. The molecule has 3 rings (SSSR count). The zero-order valence-corrected chi connectivity index (χ0v) is 15.6. The molecule has 0 unspecified atom stereocenters. The molecule has 138 valence electrons. The van der Waals surface area contributed by atoms with Gasteiger partial charge in [0.1, 0.15) is 0 Å². The number of amides is 1. The second kappa shape index (κ2) is 9.35. The van der Waals surface area contributed by atoms with Crippen molar-refractivity contribution < 1.29 is 4.79 Å². The zero-order chi connectivity index (χ0) is 17.5. The third kappa shape index (κ3) is 5.82. The van der Waals surface area contributed by atoms with Gasteiger partial charge in [-0.15, -0.1) is 0 Å². The van der Waals surface area contributed by atoms with E-state index in [1.165, 1.54) is 24.8 Å². The Labute approximate surface area is 152 Å². The predicted molar refractivity (Wildman–Crippen MR) is 102 cm³/mol. The SMILES string of the molecule is CCC1CCC(NC(=O)CN2CCN(Cc3ccccc3)CC2)CC1. The van der Waals surface area contributed by atoms with Crippen molar-refractivity contribution in [2.45, 2.75) is 51.6 Å². The molecule has 0 bridgehead atoms. The van der Waals surface area contributed by atoms with Crippen LogP contribution >= 0.6 is 0 Å². The lowest BCUT2D eigenvalue weighted by molar-refractivity contribution is -0.123. The molecule has 2 aliphatic rings. The van der Waals surface area contributed by atoms with E-state index in [0.717, 1.165) is 51.5 Å². The molecule has 1 aliphatic heterocycles. The molecule has 1 saturated heterocycles. The normalized spacial score (nSPS) is 25.6. The number of carbonyl (C=O) groups excluding carboxylic acids is 1. The molecule has 25 heavy (non-hydrogen) atoms. The van der Waals surface area contributed by atoms with E-state index in [2.05, 4.69) is 52.4 Å². The van der Waals surface area contributed by atoms with Gasteiger partial charge < -0.3 is 5.32 Å². The van der Waals surface area contributed by atoms with Gasteiger partial charge in [0.25, 0.3) is 0 Å². The molecule has 0 radical (unpaired) electrons. The number of nitrogens with one attached hydrogen (secondary N) is 1. The minimum atomic E-state index is 0.219. The average Bonchev–Trinajstić information content (AvgIpc) is 2.65. The van der Waals surface area contributed by atoms with Crippen LogP contribution in [0.5, 0.6) is 0 Å². The number of benzene rings is 1. The Kier molecular flexibility index (Phi) is 6.88. The highest BCUT2D eigenvalue weighted by molar-refractivity contribution is 5.78. The predicted octanol–water partition coefficient (Wildman–Crippen LogP) is 2.89. The Morgan fingerprint density at radius 3 is 2.28 bits per heavy atom. The summed E-state index contributed by atoms with van der Waals surface area (Å²) in [6.07, 6.45) is 6.16. The lowest BCUT2D eigenvalue weighted by atomic mass is 9.84. The van der Waals surface area contributed by atoms with E-state index < -0.39 is 0 Å². The topological polar surface area (TPSA) is 35.6 Å². The summed E-state index contributed by atoms with van der Waals surface area (Å²) < 4.78 is 0. The van der Waals surface area contributed by atoms with Crippen molar-refractivity contribution in [3.8, 4) is 0 Å². The van der Waals surface area contributed by atoms with Crippen LogP contribution in [0.25, 0.3) is 0 Å². The van der Waals surface area contributed by atoms with E-state index in [1.54, 1.807) is 0 Å². The molecule has 4 nitrogen and oxygen atoms in total.